The van der Waals surface area contributed by atoms with Crippen LogP contribution in [0.5, 0.6) is 0 Å². The third-order valence-electron chi connectivity index (χ3n) is 9.79. The van der Waals surface area contributed by atoms with E-state index in [1.54, 1.807) is 0 Å². The first kappa shape index (κ1) is 24.1. The summed E-state index contributed by atoms with van der Waals surface area (Å²) in [4.78, 5) is 27.2. The second kappa shape index (κ2) is 8.18. The molecule has 4 aromatic rings. The maximum absolute atomic E-state index is 13.8. The summed E-state index contributed by atoms with van der Waals surface area (Å²) in [5.41, 5.74) is 4.32. The number of aromatic nitrogens is 1. The van der Waals surface area contributed by atoms with E-state index in [0.29, 0.717) is 6.54 Å². The highest BCUT2D eigenvalue weighted by Gasteiger charge is 2.67. The molecular weight excluding hydrogens is 504 g/mol. The molecule has 2 N–H and O–H groups in total. The van der Waals surface area contributed by atoms with Crippen molar-refractivity contribution in [1.82, 2.24) is 9.88 Å². The first-order valence-corrected chi connectivity index (χ1v) is 14.5. The normalized spacial score (nSPS) is 27.1. The number of unbranched alkanes of at least 4 members (excludes halogenated alkanes) is 3. The van der Waals surface area contributed by atoms with Gasteiger partial charge in [-0.1, -0.05) is 68.7 Å². The van der Waals surface area contributed by atoms with Crippen LogP contribution in [-0.4, -0.2) is 39.9 Å². The van der Waals surface area contributed by atoms with Crippen LogP contribution in [0.2, 0.25) is 0 Å². The Morgan fingerprint density at radius 2 is 1.93 bits per heavy atom. The molecule has 3 aromatic carbocycles. The zero-order valence-electron chi connectivity index (χ0n) is 22.8. The molecule has 40 heavy (non-hydrogen) atoms. The topological polar surface area (TPSA) is 89.8 Å². The minimum atomic E-state index is -1.89. The summed E-state index contributed by atoms with van der Waals surface area (Å²) in [7, 11) is 0. The number of fused-ring (bicyclic) bond motifs is 13. The van der Waals surface area contributed by atoms with Crippen molar-refractivity contribution < 1.29 is 24.2 Å². The summed E-state index contributed by atoms with van der Waals surface area (Å²) < 4.78 is 14.7. The number of hydrogen-bond donors (Lipinski definition) is 2. The second-order valence-corrected chi connectivity index (χ2v) is 11.9. The molecule has 1 aliphatic carbocycles. The van der Waals surface area contributed by atoms with Crippen molar-refractivity contribution in [1.29, 1.82) is 0 Å². The molecule has 2 bridgehead atoms. The fraction of sp³-hybridized carbons (Fsp3) is 0.394. The third-order valence-corrected chi connectivity index (χ3v) is 9.79. The largest absolute Gasteiger partial charge is 0.463 e. The van der Waals surface area contributed by atoms with Crippen molar-refractivity contribution in [3.8, 4) is 11.1 Å². The second-order valence-electron chi connectivity index (χ2n) is 11.9. The van der Waals surface area contributed by atoms with E-state index in [9.17, 15) is 14.7 Å². The standard InChI is InChI=1S/C33H32N2O5/c1-3-4-5-10-15-39-31(37)33(38)16-23-25-18-11-6-7-12-19(18)26-27-21(17-34-30(27)36)24-20-13-8-9-14-22(20)35(29(24)28(25)26)32(33,2)40-23/h6-9,11-14,23,25,38H,3-5,10,15-17H2,1-2H3,(H,34,36)/t23?,25?,32-,33-/m1/s1. The van der Waals surface area contributed by atoms with Crippen molar-refractivity contribution in [3.05, 3.63) is 70.8 Å². The highest BCUT2D eigenvalue weighted by Crippen LogP contribution is 2.62. The molecule has 7 nitrogen and oxygen atoms in total. The van der Waals surface area contributed by atoms with Crippen LogP contribution in [0.1, 0.15) is 78.9 Å². The number of ether oxygens (including phenoxy) is 2. The predicted octanol–water partition coefficient (Wildman–Crippen LogP) is 5.48. The molecule has 4 atom stereocenters. The summed E-state index contributed by atoms with van der Waals surface area (Å²) in [6, 6.07) is 16.2. The van der Waals surface area contributed by atoms with Crippen LogP contribution >= 0.6 is 0 Å². The van der Waals surface area contributed by atoms with Gasteiger partial charge in [-0.3, -0.25) is 4.79 Å². The number of aliphatic hydroxyl groups is 1. The molecule has 1 fully saturated rings. The Bertz CT molecular complexity index is 1770. The first-order valence-electron chi connectivity index (χ1n) is 14.5. The van der Waals surface area contributed by atoms with Gasteiger partial charge in [-0.15, -0.1) is 0 Å². The maximum Gasteiger partial charge on any atom is 0.343 e. The third kappa shape index (κ3) is 2.77. The summed E-state index contributed by atoms with van der Waals surface area (Å²) >= 11 is 0. The molecule has 1 aromatic heterocycles. The monoisotopic (exact) mass is 536 g/mol. The van der Waals surface area contributed by atoms with E-state index in [1.807, 2.05) is 41.8 Å². The molecule has 4 heterocycles. The molecule has 204 valence electrons. The lowest BCUT2D eigenvalue weighted by atomic mass is 9.80. The van der Waals surface area contributed by atoms with Gasteiger partial charge in [-0.2, -0.15) is 0 Å². The molecule has 4 aliphatic rings. The molecule has 2 unspecified atom stereocenters. The molecule has 8 rings (SSSR count). The number of hydrogen-bond acceptors (Lipinski definition) is 5. The van der Waals surface area contributed by atoms with E-state index in [0.717, 1.165) is 80.9 Å². The number of amides is 1. The summed E-state index contributed by atoms with van der Waals surface area (Å²) in [5.74, 6) is -0.920. The lowest BCUT2D eigenvalue weighted by Crippen LogP contribution is -2.56. The first-order chi connectivity index (χ1) is 19.4. The minimum Gasteiger partial charge on any atom is -0.463 e. The molecule has 0 saturated carbocycles. The van der Waals surface area contributed by atoms with Crippen LogP contribution in [0.4, 0.5) is 0 Å². The van der Waals surface area contributed by atoms with E-state index in [1.165, 1.54) is 0 Å². The van der Waals surface area contributed by atoms with E-state index in [2.05, 4.69) is 30.4 Å². The van der Waals surface area contributed by atoms with Crippen molar-refractivity contribution in [3.63, 3.8) is 0 Å². The Balaban J connectivity index is 1.43. The molecule has 3 aliphatic heterocycles. The number of rotatable bonds is 6. The molecule has 0 spiro atoms. The molecule has 0 radical (unpaired) electrons. The van der Waals surface area contributed by atoms with Crippen LogP contribution in [0.15, 0.2) is 48.5 Å². The Morgan fingerprint density at radius 3 is 2.77 bits per heavy atom. The van der Waals surface area contributed by atoms with Gasteiger partial charge in [0.25, 0.3) is 5.91 Å². The van der Waals surface area contributed by atoms with Crippen LogP contribution in [0.25, 0.3) is 32.9 Å². The van der Waals surface area contributed by atoms with Crippen LogP contribution in [0.3, 0.4) is 0 Å². The highest BCUT2D eigenvalue weighted by molar-refractivity contribution is 6.20. The molecular formula is C33H32N2O5. The van der Waals surface area contributed by atoms with Crippen LogP contribution in [-0.2, 0) is 26.5 Å². The Kier molecular flexibility index (Phi) is 4.94. The molecule has 7 heteroatoms. The fourth-order valence-electron chi connectivity index (χ4n) is 8.00. The van der Waals surface area contributed by atoms with E-state index in [-0.39, 0.29) is 24.9 Å². The SMILES string of the molecule is CCCCCCOC(=O)[C@]1(O)CC2O[C@@]1(C)n1c3ccccc3c3c4c(c5c(c31)C2c1ccccc1-5)C(=O)NC4. The number of benzene rings is 3. The number of carbonyl (C=O) groups is 2. The van der Waals surface area contributed by atoms with Gasteiger partial charge in [0.15, 0.2) is 5.72 Å². The Morgan fingerprint density at radius 1 is 1.12 bits per heavy atom. The number of esters is 1. The number of para-hydroxylation sites is 1. The molecule has 1 saturated heterocycles. The zero-order valence-corrected chi connectivity index (χ0v) is 22.8. The Labute approximate surface area is 232 Å². The highest BCUT2D eigenvalue weighted by atomic mass is 16.6. The van der Waals surface area contributed by atoms with Crippen LogP contribution < -0.4 is 5.32 Å². The summed E-state index contributed by atoms with van der Waals surface area (Å²) in [6.07, 6.45) is 3.55. The number of nitrogens with zero attached hydrogens (tertiary/aromatic N) is 1. The number of nitrogens with one attached hydrogen (secondary N) is 1. The van der Waals surface area contributed by atoms with Gasteiger partial charge in [0, 0.05) is 35.2 Å². The summed E-state index contributed by atoms with van der Waals surface area (Å²) in [5, 5.41) is 17.5. The van der Waals surface area contributed by atoms with Crippen molar-refractivity contribution in [2.45, 2.75) is 75.8 Å². The van der Waals surface area contributed by atoms with Gasteiger partial charge in [-0.25, -0.2) is 4.79 Å². The lowest BCUT2D eigenvalue weighted by Gasteiger charge is -2.38. The average Bonchev–Trinajstić information content (AvgIpc) is 3.65. The van der Waals surface area contributed by atoms with Crippen molar-refractivity contribution in [2.24, 2.45) is 0 Å². The van der Waals surface area contributed by atoms with E-state index in [4.69, 9.17) is 9.47 Å². The van der Waals surface area contributed by atoms with E-state index < -0.39 is 23.4 Å². The quantitative estimate of drug-likeness (QED) is 0.252. The van der Waals surface area contributed by atoms with Crippen LogP contribution in [0, 0.1) is 0 Å². The smallest absolute Gasteiger partial charge is 0.343 e. The minimum absolute atomic E-state index is 0.0554. The van der Waals surface area contributed by atoms with Gasteiger partial charge in [0.1, 0.15) is 0 Å². The maximum atomic E-state index is 13.8. The Hall–Kier alpha value is -3.68. The van der Waals surface area contributed by atoms with E-state index >= 15 is 0 Å². The lowest BCUT2D eigenvalue weighted by molar-refractivity contribution is -0.202. The average molecular weight is 537 g/mol. The predicted molar refractivity (Wildman–Crippen MR) is 151 cm³/mol. The van der Waals surface area contributed by atoms with Gasteiger partial charge >= 0.3 is 5.97 Å². The number of carbonyl (C=O) groups excluding carboxylic acids is 2. The van der Waals surface area contributed by atoms with Crippen molar-refractivity contribution in [2.75, 3.05) is 6.61 Å². The van der Waals surface area contributed by atoms with Gasteiger partial charge in [0.05, 0.1) is 29.3 Å². The van der Waals surface area contributed by atoms with Gasteiger partial charge in [0.2, 0.25) is 5.60 Å². The van der Waals surface area contributed by atoms with Gasteiger partial charge in [-0.05, 0) is 41.7 Å². The van der Waals surface area contributed by atoms with Crippen molar-refractivity contribution >= 4 is 33.7 Å². The van der Waals surface area contributed by atoms with Gasteiger partial charge < -0.3 is 24.5 Å². The molecule has 1 amide bonds. The summed E-state index contributed by atoms with van der Waals surface area (Å²) in [6.45, 7) is 4.68. The fourth-order valence-corrected chi connectivity index (χ4v) is 8.00. The zero-order chi connectivity index (χ0) is 27.4.